The third-order valence-electron chi connectivity index (χ3n) is 5.03. The Hall–Kier alpha value is -2.54. The molecule has 0 atom stereocenters. The molecule has 3 rings (SSSR count). The molecule has 0 saturated heterocycles. The summed E-state index contributed by atoms with van der Waals surface area (Å²) in [5.41, 5.74) is 1.26. The Bertz CT molecular complexity index is 951. The van der Waals surface area contributed by atoms with Gasteiger partial charge in [-0.2, -0.15) is 0 Å². The molecule has 0 bridgehead atoms. The van der Waals surface area contributed by atoms with Gasteiger partial charge in [-0.3, -0.25) is 9.52 Å². The smallest absolute Gasteiger partial charge is 0.262 e. The zero-order chi connectivity index (χ0) is 20.1. The summed E-state index contributed by atoms with van der Waals surface area (Å²) in [4.78, 5) is 12.7. The largest absolute Gasteiger partial charge is 0.495 e. The van der Waals surface area contributed by atoms with Gasteiger partial charge in [0.2, 0.25) is 0 Å². The zero-order valence-electron chi connectivity index (χ0n) is 16.2. The molecule has 2 aromatic carbocycles. The Morgan fingerprint density at radius 2 is 1.79 bits per heavy atom. The number of para-hydroxylation sites is 2. The highest BCUT2D eigenvalue weighted by molar-refractivity contribution is 7.92. The highest BCUT2D eigenvalue weighted by Gasteiger charge is 2.22. The van der Waals surface area contributed by atoms with Crippen molar-refractivity contribution in [1.29, 1.82) is 0 Å². The van der Waals surface area contributed by atoms with Gasteiger partial charge < -0.3 is 10.1 Å². The second-order valence-electron chi connectivity index (χ2n) is 7.09. The van der Waals surface area contributed by atoms with E-state index in [0.29, 0.717) is 22.6 Å². The lowest BCUT2D eigenvalue weighted by atomic mass is 9.95. The van der Waals surface area contributed by atoms with Crippen molar-refractivity contribution in [1.82, 2.24) is 5.32 Å². The second kappa shape index (κ2) is 8.65. The molecule has 0 aliphatic heterocycles. The number of sulfonamides is 1. The van der Waals surface area contributed by atoms with Crippen LogP contribution in [0.3, 0.4) is 0 Å². The van der Waals surface area contributed by atoms with Crippen LogP contribution in [-0.2, 0) is 10.0 Å². The number of hydrogen-bond acceptors (Lipinski definition) is 4. The minimum Gasteiger partial charge on any atom is -0.495 e. The van der Waals surface area contributed by atoms with Crippen LogP contribution in [-0.4, -0.2) is 27.5 Å². The highest BCUT2D eigenvalue weighted by atomic mass is 32.2. The molecule has 0 aromatic heterocycles. The normalized spacial score (nSPS) is 15.1. The van der Waals surface area contributed by atoms with E-state index in [4.69, 9.17) is 4.74 Å². The number of benzene rings is 2. The summed E-state index contributed by atoms with van der Waals surface area (Å²) in [6, 6.07) is 11.7. The van der Waals surface area contributed by atoms with Crippen LogP contribution < -0.4 is 14.8 Å². The molecule has 1 amide bonds. The van der Waals surface area contributed by atoms with Crippen LogP contribution in [0.4, 0.5) is 5.69 Å². The Morgan fingerprint density at radius 3 is 2.50 bits per heavy atom. The quantitative estimate of drug-likeness (QED) is 0.768. The van der Waals surface area contributed by atoms with Crippen LogP contribution in [0, 0.1) is 6.92 Å². The number of amides is 1. The average molecular weight is 403 g/mol. The van der Waals surface area contributed by atoms with Gasteiger partial charge in [0.15, 0.2) is 0 Å². The van der Waals surface area contributed by atoms with Crippen LogP contribution >= 0.6 is 0 Å². The summed E-state index contributed by atoms with van der Waals surface area (Å²) in [5.74, 6) is 0.190. The van der Waals surface area contributed by atoms with Crippen LogP contribution in [0.1, 0.15) is 48.0 Å². The summed E-state index contributed by atoms with van der Waals surface area (Å²) >= 11 is 0. The third kappa shape index (κ3) is 4.65. The Labute approximate surface area is 166 Å². The SMILES string of the molecule is COc1ccccc1NS(=O)(=O)c1cc(C(=O)NC2CCCCC2)ccc1C. The molecule has 1 aliphatic rings. The number of rotatable bonds is 6. The highest BCUT2D eigenvalue weighted by Crippen LogP contribution is 2.27. The van der Waals surface area contributed by atoms with Gasteiger partial charge in [-0.05, 0) is 49.6 Å². The molecule has 1 fully saturated rings. The number of ether oxygens (including phenoxy) is 1. The van der Waals surface area contributed by atoms with E-state index in [1.807, 2.05) is 0 Å². The first-order valence-electron chi connectivity index (χ1n) is 9.48. The van der Waals surface area contributed by atoms with Gasteiger partial charge in [-0.1, -0.05) is 37.5 Å². The van der Waals surface area contributed by atoms with Crippen LogP contribution in [0.2, 0.25) is 0 Å². The molecule has 0 spiro atoms. The zero-order valence-corrected chi connectivity index (χ0v) is 17.0. The van der Waals surface area contributed by atoms with Crippen molar-refractivity contribution in [3.63, 3.8) is 0 Å². The molecule has 0 radical (unpaired) electrons. The first-order chi connectivity index (χ1) is 13.4. The molecule has 0 heterocycles. The lowest BCUT2D eigenvalue weighted by molar-refractivity contribution is 0.0927. The lowest BCUT2D eigenvalue weighted by Gasteiger charge is -2.23. The number of carbonyl (C=O) groups excluding carboxylic acids is 1. The van der Waals surface area contributed by atoms with Crippen molar-refractivity contribution < 1.29 is 17.9 Å². The third-order valence-corrected chi connectivity index (χ3v) is 6.54. The molecule has 150 valence electrons. The average Bonchev–Trinajstić information content (AvgIpc) is 2.69. The standard InChI is InChI=1S/C21H26N2O4S/c1-15-12-13-16(21(24)22-17-8-4-3-5-9-17)14-20(15)28(25,26)23-18-10-6-7-11-19(18)27-2/h6-7,10-14,17,23H,3-5,8-9H2,1-2H3,(H,22,24). The van der Waals surface area contributed by atoms with Crippen molar-refractivity contribution >= 4 is 21.6 Å². The van der Waals surface area contributed by atoms with Gasteiger partial charge in [0.1, 0.15) is 5.75 Å². The first-order valence-corrected chi connectivity index (χ1v) is 11.0. The van der Waals surface area contributed by atoms with E-state index in [1.165, 1.54) is 19.6 Å². The maximum atomic E-state index is 13.0. The number of aryl methyl sites for hydroxylation is 1. The van der Waals surface area contributed by atoms with Crippen LogP contribution in [0.5, 0.6) is 5.75 Å². The predicted molar refractivity (Wildman–Crippen MR) is 109 cm³/mol. The van der Waals surface area contributed by atoms with Crippen molar-refractivity contribution in [3.05, 3.63) is 53.6 Å². The van der Waals surface area contributed by atoms with Crippen LogP contribution in [0.15, 0.2) is 47.4 Å². The summed E-state index contributed by atoms with van der Waals surface area (Å²) in [6.07, 6.45) is 5.37. The number of carbonyl (C=O) groups is 1. The fourth-order valence-corrected chi connectivity index (χ4v) is 4.82. The Balaban J connectivity index is 1.84. The van der Waals surface area contributed by atoms with Crippen molar-refractivity contribution in [2.24, 2.45) is 0 Å². The molecule has 2 aromatic rings. The van der Waals surface area contributed by atoms with Gasteiger partial charge >= 0.3 is 0 Å². The fourth-order valence-electron chi connectivity index (χ4n) is 3.48. The minimum atomic E-state index is -3.88. The second-order valence-corrected chi connectivity index (χ2v) is 8.75. The first kappa shape index (κ1) is 20.2. The topological polar surface area (TPSA) is 84.5 Å². The Morgan fingerprint density at radius 1 is 1.07 bits per heavy atom. The molecule has 1 aliphatic carbocycles. The lowest BCUT2D eigenvalue weighted by Crippen LogP contribution is -2.36. The summed E-state index contributed by atoms with van der Waals surface area (Å²) in [5, 5.41) is 3.03. The van der Waals surface area contributed by atoms with Gasteiger partial charge in [0, 0.05) is 11.6 Å². The summed E-state index contributed by atoms with van der Waals surface area (Å²) in [7, 11) is -2.39. The molecule has 28 heavy (non-hydrogen) atoms. The number of nitrogens with one attached hydrogen (secondary N) is 2. The van der Waals surface area contributed by atoms with Crippen molar-refractivity contribution in [2.45, 2.75) is 50.0 Å². The molecular weight excluding hydrogens is 376 g/mol. The van der Waals surface area contributed by atoms with E-state index in [2.05, 4.69) is 10.0 Å². The van der Waals surface area contributed by atoms with Crippen LogP contribution in [0.25, 0.3) is 0 Å². The van der Waals surface area contributed by atoms with Crippen molar-refractivity contribution in [2.75, 3.05) is 11.8 Å². The molecular formula is C21H26N2O4S. The molecule has 2 N–H and O–H groups in total. The predicted octanol–water partition coefficient (Wildman–Crippen LogP) is 3.87. The molecule has 0 unspecified atom stereocenters. The number of methoxy groups -OCH3 is 1. The van der Waals surface area contributed by atoms with E-state index < -0.39 is 10.0 Å². The van der Waals surface area contributed by atoms with Gasteiger partial charge in [0.05, 0.1) is 17.7 Å². The maximum absolute atomic E-state index is 13.0. The van der Waals surface area contributed by atoms with E-state index in [1.54, 1.807) is 43.3 Å². The maximum Gasteiger partial charge on any atom is 0.262 e. The summed E-state index contributed by atoms with van der Waals surface area (Å²) in [6.45, 7) is 1.71. The minimum absolute atomic E-state index is 0.0784. The van der Waals surface area contributed by atoms with Gasteiger partial charge in [-0.15, -0.1) is 0 Å². The monoisotopic (exact) mass is 402 g/mol. The molecule has 7 heteroatoms. The fraction of sp³-hybridized carbons (Fsp3) is 0.381. The van der Waals surface area contributed by atoms with E-state index >= 15 is 0 Å². The number of hydrogen-bond donors (Lipinski definition) is 2. The molecule has 1 saturated carbocycles. The van der Waals surface area contributed by atoms with E-state index in [-0.39, 0.29) is 16.8 Å². The van der Waals surface area contributed by atoms with Gasteiger partial charge in [-0.25, -0.2) is 8.42 Å². The summed E-state index contributed by atoms with van der Waals surface area (Å²) < 4.78 is 33.7. The number of anilines is 1. The van der Waals surface area contributed by atoms with Gasteiger partial charge in [0.25, 0.3) is 15.9 Å². The molecule has 6 nitrogen and oxygen atoms in total. The van der Waals surface area contributed by atoms with E-state index in [0.717, 1.165) is 25.7 Å². The van der Waals surface area contributed by atoms with Crippen molar-refractivity contribution in [3.8, 4) is 5.75 Å². The van der Waals surface area contributed by atoms with E-state index in [9.17, 15) is 13.2 Å². The Kier molecular flexibility index (Phi) is 6.24.